The maximum absolute atomic E-state index is 13.0. The van der Waals surface area contributed by atoms with Crippen molar-refractivity contribution in [1.82, 2.24) is 9.97 Å². The maximum Gasteiger partial charge on any atom is 0.269 e. The Kier molecular flexibility index (Phi) is 4.35. The van der Waals surface area contributed by atoms with Crippen molar-refractivity contribution in [2.45, 2.75) is 0 Å². The molecule has 0 atom stereocenters. The number of anilines is 2. The van der Waals surface area contributed by atoms with Crippen LogP contribution in [0.2, 0.25) is 5.15 Å². The molecule has 1 heterocycles. The fourth-order valence-electron chi connectivity index (χ4n) is 2.02. The lowest BCUT2D eigenvalue weighted by molar-refractivity contribution is -0.384. The molecule has 0 amide bonds. The SMILES string of the molecule is O=[N+]([O-])c1ccc(Nc2cc(Cl)nc(-c3ccc(F)cc3)n2)cc1. The van der Waals surface area contributed by atoms with E-state index >= 15 is 0 Å². The molecule has 2 aromatic carbocycles. The van der Waals surface area contributed by atoms with Gasteiger partial charge in [0, 0.05) is 29.4 Å². The van der Waals surface area contributed by atoms with Gasteiger partial charge in [0.05, 0.1) is 4.92 Å². The molecule has 0 saturated carbocycles. The van der Waals surface area contributed by atoms with E-state index in [9.17, 15) is 14.5 Å². The first-order valence-electron chi connectivity index (χ1n) is 6.83. The van der Waals surface area contributed by atoms with E-state index in [1.165, 1.54) is 30.3 Å². The predicted molar refractivity (Wildman–Crippen MR) is 88.8 cm³/mol. The Hall–Kier alpha value is -3.06. The summed E-state index contributed by atoms with van der Waals surface area (Å²) in [6.07, 6.45) is 0. The van der Waals surface area contributed by atoms with Crippen molar-refractivity contribution < 1.29 is 9.31 Å². The van der Waals surface area contributed by atoms with Gasteiger partial charge in [-0.25, -0.2) is 14.4 Å². The van der Waals surface area contributed by atoms with Gasteiger partial charge in [-0.05, 0) is 36.4 Å². The Labute approximate surface area is 141 Å². The zero-order valence-corrected chi connectivity index (χ0v) is 12.9. The quantitative estimate of drug-likeness (QED) is 0.425. The molecule has 8 heteroatoms. The summed E-state index contributed by atoms with van der Waals surface area (Å²) < 4.78 is 13.0. The van der Waals surface area contributed by atoms with Gasteiger partial charge < -0.3 is 5.32 Å². The standard InChI is InChI=1S/C16H10ClFN4O2/c17-14-9-15(19-12-5-7-13(8-6-12)22(23)24)21-16(20-14)10-1-3-11(18)4-2-10/h1-9H,(H,19,20,21). The molecule has 1 aromatic heterocycles. The van der Waals surface area contributed by atoms with Crippen molar-refractivity contribution in [2.75, 3.05) is 5.32 Å². The summed E-state index contributed by atoms with van der Waals surface area (Å²) in [5, 5.41) is 13.9. The summed E-state index contributed by atoms with van der Waals surface area (Å²) in [6.45, 7) is 0. The summed E-state index contributed by atoms with van der Waals surface area (Å²) in [7, 11) is 0. The predicted octanol–water partition coefficient (Wildman–Crippen LogP) is 4.59. The van der Waals surface area contributed by atoms with Gasteiger partial charge in [0.1, 0.15) is 16.8 Å². The zero-order valence-electron chi connectivity index (χ0n) is 12.1. The van der Waals surface area contributed by atoms with Crippen molar-refractivity contribution in [3.63, 3.8) is 0 Å². The number of nitro groups is 1. The first-order chi connectivity index (χ1) is 11.5. The van der Waals surface area contributed by atoms with Crippen molar-refractivity contribution in [3.8, 4) is 11.4 Å². The third-order valence-electron chi connectivity index (χ3n) is 3.15. The monoisotopic (exact) mass is 344 g/mol. The Morgan fingerprint density at radius 2 is 1.71 bits per heavy atom. The van der Waals surface area contributed by atoms with Gasteiger partial charge in [-0.2, -0.15) is 0 Å². The minimum Gasteiger partial charge on any atom is -0.340 e. The minimum atomic E-state index is -0.474. The van der Waals surface area contributed by atoms with Crippen molar-refractivity contribution in [2.24, 2.45) is 0 Å². The fraction of sp³-hybridized carbons (Fsp3) is 0. The molecule has 0 fully saturated rings. The van der Waals surface area contributed by atoms with Crippen LogP contribution in [0.1, 0.15) is 0 Å². The molecular weight excluding hydrogens is 335 g/mol. The molecule has 6 nitrogen and oxygen atoms in total. The number of hydrogen-bond acceptors (Lipinski definition) is 5. The second-order valence-corrected chi connectivity index (χ2v) is 5.22. The molecule has 0 bridgehead atoms. The van der Waals surface area contributed by atoms with Crippen LogP contribution >= 0.6 is 11.6 Å². The number of hydrogen-bond donors (Lipinski definition) is 1. The number of non-ortho nitro benzene ring substituents is 1. The van der Waals surface area contributed by atoms with E-state index in [4.69, 9.17) is 11.6 Å². The van der Waals surface area contributed by atoms with Gasteiger partial charge in [0.2, 0.25) is 0 Å². The van der Waals surface area contributed by atoms with Gasteiger partial charge in [0.25, 0.3) is 5.69 Å². The van der Waals surface area contributed by atoms with E-state index in [-0.39, 0.29) is 16.7 Å². The molecule has 1 N–H and O–H groups in total. The van der Waals surface area contributed by atoms with Gasteiger partial charge in [-0.3, -0.25) is 10.1 Å². The fourth-order valence-corrected chi connectivity index (χ4v) is 2.21. The maximum atomic E-state index is 13.0. The molecule has 120 valence electrons. The Morgan fingerprint density at radius 1 is 1.04 bits per heavy atom. The van der Waals surface area contributed by atoms with Crippen LogP contribution in [0.25, 0.3) is 11.4 Å². The van der Waals surface area contributed by atoms with Crippen LogP contribution in [-0.4, -0.2) is 14.9 Å². The number of rotatable bonds is 4. The molecule has 3 rings (SSSR count). The molecule has 0 aliphatic heterocycles. The summed E-state index contributed by atoms with van der Waals surface area (Å²) in [5.74, 6) is 0.403. The molecule has 3 aromatic rings. The lowest BCUT2D eigenvalue weighted by Gasteiger charge is -2.08. The molecule has 24 heavy (non-hydrogen) atoms. The van der Waals surface area contributed by atoms with E-state index in [2.05, 4.69) is 15.3 Å². The highest BCUT2D eigenvalue weighted by Crippen LogP contribution is 2.24. The second-order valence-electron chi connectivity index (χ2n) is 4.84. The third kappa shape index (κ3) is 3.64. The first-order valence-corrected chi connectivity index (χ1v) is 7.21. The van der Waals surface area contributed by atoms with Crippen LogP contribution < -0.4 is 5.32 Å². The lowest BCUT2D eigenvalue weighted by atomic mass is 10.2. The average Bonchev–Trinajstić information content (AvgIpc) is 2.55. The number of benzene rings is 2. The summed E-state index contributed by atoms with van der Waals surface area (Å²) >= 11 is 6.01. The summed E-state index contributed by atoms with van der Waals surface area (Å²) in [5.41, 5.74) is 1.22. The van der Waals surface area contributed by atoms with E-state index in [0.717, 1.165) is 0 Å². The zero-order chi connectivity index (χ0) is 17.1. The van der Waals surface area contributed by atoms with E-state index in [1.54, 1.807) is 24.3 Å². The normalized spacial score (nSPS) is 10.4. The number of nitrogens with zero attached hydrogens (tertiary/aromatic N) is 3. The van der Waals surface area contributed by atoms with Crippen LogP contribution in [0.3, 0.4) is 0 Å². The highest BCUT2D eigenvalue weighted by Gasteiger charge is 2.08. The van der Waals surface area contributed by atoms with Crippen LogP contribution in [0.4, 0.5) is 21.6 Å². The number of halogens is 2. The van der Waals surface area contributed by atoms with E-state index in [0.29, 0.717) is 22.9 Å². The lowest BCUT2D eigenvalue weighted by Crippen LogP contribution is -1.98. The topological polar surface area (TPSA) is 81.0 Å². The molecule has 0 unspecified atom stereocenters. The van der Waals surface area contributed by atoms with E-state index < -0.39 is 4.92 Å². The highest BCUT2D eigenvalue weighted by molar-refractivity contribution is 6.29. The van der Waals surface area contributed by atoms with Crippen LogP contribution in [0, 0.1) is 15.9 Å². The molecule has 0 spiro atoms. The third-order valence-corrected chi connectivity index (χ3v) is 3.34. The molecule has 0 radical (unpaired) electrons. The minimum absolute atomic E-state index is 0.00623. The molecule has 0 saturated heterocycles. The number of nitro benzene ring substituents is 1. The second kappa shape index (κ2) is 6.59. The van der Waals surface area contributed by atoms with Crippen molar-refractivity contribution in [1.29, 1.82) is 0 Å². The Morgan fingerprint density at radius 3 is 2.33 bits per heavy atom. The summed E-state index contributed by atoms with van der Waals surface area (Å²) in [6, 6.07) is 13.1. The van der Waals surface area contributed by atoms with Crippen LogP contribution in [-0.2, 0) is 0 Å². The molecule has 0 aliphatic rings. The Balaban J connectivity index is 1.88. The van der Waals surface area contributed by atoms with E-state index in [1.807, 2.05) is 0 Å². The highest BCUT2D eigenvalue weighted by atomic mass is 35.5. The van der Waals surface area contributed by atoms with Gasteiger partial charge in [-0.1, -0.05) is 11.6 Å². The number of aromatic nitrogens is 2. The van der Waals surface area contributed by atoms with Gasteiger partial charge >= 0.3 is 0 Å². The average molecular weight is 345 g/mol. The van der Waals surface area contributed by atoms with Gasteiger partial charge in [0.15, 0.2) is 5.82 Å². The smallest absolute Gasteiger partial charge is 0.269 e. The number of nitrogens with one attached hydrogen (secondary N) is 1. The largest absolute Gasteiger partial charge is 0.340 e. The van der Waals surface area contributed by atoms with Gasteiger partial charge in [-0.15, -0.1) is 0 Å². The molecule has 0 aliphatic carbocycles. The van der Waals surface area contributed by atoms with Crippen LogP contribution in [0.15, 0.2) is 54.6 Å². The Bertz CT molecular complexity index is 886. The summed E-state index contributed by atoms with van der Waals surface area (Å²) in [4.78, 5) is 18.6. The molecular formula is C16H10ClFN4O2. The van der Waals surface area contributed by atoms with Crippen molar-refractivity contribution in [3.05, 3.63) is 75.7 Å². The van der Waals surface area contributed by atoms with Crippen LogP contribution in [0.5, 0.6) is 0 Å². The van der Waals surface area contributed by atoms with Crippen molar-refractivity contribution >= 4 is 28.8 Å². The first kappa shape index (κ1) is 15.8.